The molecule has 0 bridgehead atoms. The van der Waals surface area contributed by atoms with Gasteiger partial charge in [-0.15, -0.1) is 0 Å². The molecule has 0 aliphatic rings. The van der Waals surface area contributed by atoms with Gasteiger partial charge in [-0.25, -0.2) is 8.78 Å². The van der Waals surface area contributed by atoms with E-state index in [4.69, 9.17) is 28.9 Å². The Balaban J connectivity index is 2.14. The summed E-state index contributed by atoms with van der Waals surface area (Å²) in [5.74, 6) is -1.76. The molecule has 0 radical (unpaired) electrons. The fourth-order valence-corrected chi connectivity index (χ4v) is 1.90. The van der Waals surface area contributed by atoms with Gasteiger partial charge in [-0.05, 0) is 29.8 Å². The SMILES string of the molecule is Nc1cc(Cl)c(Cl)cc1NCc1ccc(F)c(F)c1. The van der Waals surface area contributed by atoms with Crippen molar-refractivity contribution in [1.82, 2.24) is 0 Å². The van der Waals surface area contributed by atoms with Crippen molar-refractivity contribution in [1.29, 1.82) is 0 Å². The molecule has 0 amide bonds. The van der Waals surface area contributed by atoms with E-state index in [9.17, 15) is 8.78 Å². The molecular weight excluding hydrogens is 293 g/mol. The van der Waals surface area contributed by atoms with Gasteiger partial charge >= 0.3 is 0 Å². The molecule has 100 valence electrons. The first kappa shape index (κ1) is 13.9. The Labute approximate surface area is 119 Å². The third kappa shape index (κ3) is 3.28. The van der Waals surface area contributed by atoms with Crippen LogP contribution in [0.15, 0.2) is 30.3 Å². The molecule has 3 N–H and O–H groups in total. The first-order chi connectivity index (χ1) is 8.97. The Morgan fingerprint density at radius 3 is 2.37 bits per heavy atom. The third-order valence-electron chi connectivity index (χ3n) is 2.56. The summed E-state index contributed by atoms with van der Waals surface area (Å²) in [6.45, 7) is 0.291. The minimum absolute atomic E-state index is 0.291. The Hall–Kier alpha value is -1.52. The highest BCUT2D eigenvalue weighted by molar-refractivity contribution is 6.42. The quantitative estimate of drug-likeness (QED) is 0.821. The Bertz CT molecular complexity index is 618. The van der Waals surface area contributed by atoms with Gasteiger partial charge in [0.25, 0.3) is 0 Å². The summed E-state index contributed by atoms with van der Waals surface area (Å²) < 4.78 is 25.8. The zero-order valence-electron chi connectivity index (χ0n) is 9.68. The highest BCUT2D eigenvalue weighted by atomic mass is 35.5. The Kier molecular flexibility index (Phi) is 4.12. The summed E-state index contributed by atoms with van der Waals surface area (Å²) in [7, 11) is 0. The van der Waals surface area contributed by atoms with Gasteiger partial charge in [0.2, 0.25) is 0 Å². The molecule has 2 nitrogen and oxygen atoms in total. The number of hydrogen-bond acceptors (Lipinski definition) is 2. The summed E-state index contributed by atoms with van der Waals surface area (Å²) in [6.07, 6.45) is 0. The molecule has 0 aliphatic heterocycles. The molecule has 2 aromatic rings. The second-order valence-electron chi connectivity index (χ2n) is 3.96. The largest absolute Gasteiger partial charge is 0.397 e. The normalized spacial score (nSPS) is 10.5. The van der Waals surface area contributed by atoms with E-state index in [0.717, 1.165) is 12.1 Å². The maximum atomic E-state index is 13.0. The number of nitrogen functional groups attached to an aromatic ring is 1. The lowest BCUT2D eigenvalue weighted by Gasteiger charge is -2.11. The smallest absolute Gasteiger partial charge is 0.159 e. The molecule has 6 heteroatoms. The van der Waals surface area contributed by atoms with E-state index >= 15 is 0 Å². The van der Waals surface area contributed by atoms with Gasteiger partial charge in [0, 0.05) is 6.54 Å². The van der Waals surface area contributed by atoms with Crippen LogP contribution in [0.2, 0.25) is 10.0 Å². The molecule has 0 atom stereocenters. The number of hydrogen-bond donors (Lipinski definition) is 2. The van der Waals surface area contributed by atoms with Crippen molar-refractivity contribution in [2.45, 2.75) is 6.54 Å². The van der Waals surface area contributed by atoms with Crippen LogP contribution in [0, 0.1) is 11.6 Å². The molecule has 0 heterocycles. The van der Waals surface area contributed by atoms with E-state index < -0.39 is 11.6 Å². The van der Waals surface area contributed by atoms with E-state index in [1.807, 2.05) is 0 Å². The van der Waals surface area contributed by atoms with Gasteiger partial charge in [0.15, 0.2) is 11.6 Å². The lowest BCUT2D eigenvalue weighted by atomic mass is 10.2. The van der Waals surface area contributed by atoms with Gasteiger partial charge in [0.05, 0.1) is 21.4 Å². The van der Waals surface area contributed by atoms with Gasteiger partial charge in [0.1, 0.15) is 0 Å². The highest BCUT2D eigenvalue weighted by Crippen LogP contribution is 2.30. The van der Waals surface area contributed by atoms with Crippen LogP contribution in [0.5, 0.6) is 0 Å². The lowest BCUT2D eigenvalue weighted by molar-refractivity contribution is 0.507. The fourth-order valence-electron chi connectivity index (χ4n) is 1.56. The minimum Gasteiger partial charge on any atom is -0.397 e. The fraction of sp³-hybridized carbons (Fsp3) is 0.0769. The zero-order chi connectivity index (χ0) is 14.0. The third-order valence-corrected chi connectivity index (χ3v) is 3.28. The van der Waals surface area contributed by atoms with Crippen LogP contribution in [-0.2, 0) is 6.54 Å². The maximum Gasteiger partial charge on any atom is 0.159 e. The number of halogens is 4. The van der Waals surface area contributed by atoms with E-state index in [1.54, 1.807) is 6.07 Å². The Morgan fingerprint density at radius 1 is 1.00 bits per heavy atom. The van der Waals surface area contributed by atoms with E-state index in [0.29, 0.717) is 33.5 Å². The molecule has 2 aromatic carbocycles. The number of rotatable bonds is 3. The van der Waals surface area contributed by atoms with Crippen LogP contribution in [-0.4, -0.2) is 0 Å². The van der Waals surface area contributed by atoms with Crippen molar-refractivity contribution < 1.29 is 8.78 Å². The average Bonchev–Trinajstić information content (AvgIpc) is 2.36. The van der Waals surface area contributed by atoms with E-state index in [2.05, 4.69) is 5.32 Å². The van der Waals surface area contributed by atoms with E-state index in [1.165, 1.54) is 12.1 Å². The Morgan fingerprint density at radius 2 is 1.68 bits per heavy atom. The molecule has 0 unspecified atom stereocenters. The number of anilines is 2. The van der Waals surface area contributed by atoms with E-state index in [-0.39, 0.29) is 0 Å². The maximum absolute atomic E-state index is 13.0. The van der Waals surface area contributed by atoms with Crippen LogP contribution in [0.4, 0.5) is 20.2 Å². The summed E-state index contributed by atoms with van der Waals surface area (Å²) in [4.78, 5) is 0. The van der Waals surface area contributed by atoms with Gasteiger partial charge in [-0.3, -0.25) is 0 Å². The van der Waals surface area contributed by atoms with Crippen LogP contribution < -0.4 is 11.1 Å². The zero-order valence-corrected chi connectivity index (χ0v) is 11.2. The molecule has 0 saturated heterocycles. The standard InChI is InChI=1S/C13H10Cl2F2N2/c14-8-4-12(18)13(5-9(8)15)19-6-7-1-2-10(16)11(17)3-7/h1-5,19H,6,18H2. The topological polar surface area (TPSA) is 38.0 Å². The van der Waals surface area contributed by atoms with Crippen molar-refractivity contribution in [3.8, 4) is 0 Å². The summed E-state index contributed by atoms with van der Waals surface area (Å²) in [6, 6.07) is 6.79. The highest BCUT2D eigenvalue weighted by Gasteiger charge is 2.06. The summed E-state index contributed by atoms with van der Waals surface area (Å²) in [5.41, 5.74) is 7.37. The van der Waals surface area contributed by atoms with Crippen LogP contribution in [0.3, 0.4) is 0 Å². The van der Waals surface area contributed by atoms with Gasteiger partial charge < -0.3 is 11.1 Å². The average molecular weight is 303 g/mol. The molecule has 0 saturated carbocycles. The predicted molar refractivity (Wildman–Crippen MR) is 74.6 cm³/mol. The van der Waals surface area contributed by atoms with Crippen molar-refractivity contribution in [2.75, 3.05) is 11.1 Å². The number of nitrogens with two attached hydrogens (primary N) is 1. The van der Waals surface area contributed by atoms with Crippen molar-refractivity contribution in [2.24, 2.45) is 0 Å². The van der Waals surface area contributed by atoms with Crippen molar-refractivity contribution in [3.63, 3.8) is 0 Å². The summed E-state index contributed by atoms with van der Waals surface area (Å²) in [5, 5.41) is 3.71. The minimum atomic E-state index is -0.888. The number of benzene rings is 2. The van der Waals surface area contributed by atoms with Crippen LogP contribution in [0.25, 0.3) is 0 Å². The number of nitrogens with one attached hydrogen (secondary N) is 1. The van der Waals surface area contributed by atoms with Gasteiger partial charge in [-0.1, -0.05) is 29.3 Å². The van der Waals surface area contributed by atoms with Crippen molar-refractivity contribution >= 4 is 34.6 Å². The molecule has 0 aliphatic carbocycles. The second-order valence-corrected chi connectivity index (χ2v) is 4.77. The monoisotopic (exact) mass is 302 g/mol. The lowest BCUT2D eigenvalue weighted by Crippen LogP contribution is -2.03. The second kappa shape index (κ2) is 5.63. The summed E-state index contributed by atoms with van der Waals surface area (Å²) >= 11 is 11.7. The first-order valence-corrected chi connectivity index (χ1v) is 6.15. The van der Waals surface area contributed by atoms with Crippen LogP contribution >= 0.6 is 23.2 Å². The molecule has 2 rings (SSSR count). The molecule has 0 spiro atoms. The molecule has 19 heavy (non-hydrogen) atoms. The first-order valence-electron chi connectivity index (χ1n) is 5.39. The van der Waals surface area contributed by atoms with Crippen molar-refractivity contribution in [3.05, 3.63) is 57.6 Å². The predicted octanol–water partition coefficient (Wildman–Crippen LogP) is 4.47. The van der Waals surface area contributed by atoms with Crippen LogP contribution in [0.1, 0.15) is 5.56 Å². The van der Waals surface area contributed by atoms with Gasteiger partial charge in [-0.2, -0.15) is 0 Å². The molecule has 0 aromatic heterocycles. The molecule has 0 fully saturated rings. The molecular formula is C13H10Cl2F2N2.